The number of aromatic nitrogens is 3. The normalized spacial score (nSPS) is 13.7. The minimum atomic E-state index is -0.286. The van der Waals surface area contributed by atoms with E-state index in [0.29, 0.717) is 22.8 Å². The molecule has 160 valence electrons. The monoisotopic (exact) mass is 428 g/mol. The second kappa shape index (κ2) is 7.92. The molecule has 0 fully saturated rings. The summed E-state index contributed by atoms with van der Waals surface area (Å²) in [4.78, 5) is 19.4. The lowest BCUT2D eigenvalue weighted by Gasteiger charge is -2.24. The number of carbonyl (C=O) groups is 1. The fourth-order valence-corrected chi connectivity index (χ4v) is 3.85. The molecule has 5 rings (SSSR count). The van der Waals surface area contributed by atoms with Gasteiger partial charge >= 0.3 is 0 Å². The van der Waals surface area contributed by atoms with Gasteiger partial charge in [-0.05, 0) is 54.3 Å². The topological polar surface area (TPSA) is 75.0 Å². The van der Waals surface area contributed by atoms with Crippen LogP contribution >= 0.6 is 0 Å². The average Bonchev–Trinajstić information content (AvgIpc) is 3.44. The van der Waals surface area contributed by atoms with Gasteiger partial charge in [-0.25, -0.2) is 9.37 Å². The van der Waals surface area contributed by atoms with Crippen LogP contribution in [0.5, 0.6) is 0 Å². The summed E-state index contributed by atoms with van der Waals surface area (Å²) < 4.78 is 19.9. The van der Waals surface area contributed by atoms with E-state index in [2.05, 4.69) is 15.2 Å². The first-order valence-corrected chi connectivity index (χ1v) is 10.3. The van der Waals surface area contributed by atoms with Gasteiger partial charge < -0.3 is 9.32 Å². The van der Waals surface area contributed by atoms with E-state index in [9.17, 15) is 9.18 Å². The Morgan fingerprint density at radius 1 is 1.12 bits per heavy atom. The highest BCUT2D eigenvalue weighted by Gasteiger charge is 2.26. The molecule has 7 heteroatoms. The highest BCUT2D eigenvalue weighted by atomic mass is 19.1. The van der Waals surface area contributed by atoms with Crippen molar-refractivity contribution in [3.63, 3.8) is 0 Å². The molecule has 0 spiro atoms. The van der Waals surface area contributed by atoms with Crippen LogP contribution in [0.4, 0.5) is 10.1 Å². The Morgan fingerprint density at radius 3 is 2.72 bits per heavy atom. The molecule has 1 aliphatic rings. The van der Waals surface area contributed by atoms with E-state index in [0.717, 1.165) is 27.9 Å². The largest absolute Gasteiger partial charge is 0.442 e. The number of benzene rings is 2. The molecular weight excluding hydrogens is 407 g/mol. The van der Waals surface area contributed by atoms with E-state index >= 15 is 0 Å². The van der Waals surface area contributed by atoms with Gasteiger partial charge in [-0.15, -0.1) is 0 Å². The Bertz CT molecular complexity index is 1340. The maximum atomic E-state index is 14.2. The number of halogens is 1. The number of anilines is 1. The maximum absolute atomic E-state index is 14.2. The van der Waals surface area contributed by atoms with Crippen molar-refractivity contribution < 1.29 is 13.6 Å². The van der Waals surface area contributed by atoms with Crippen LogP contribution in [-0.2, 0) is 11.3 Å². The van der Waals surface area contributed by atoms with Crippen LogP contribution in [0, 0.1) is 19.7 Å². The third-order valence-corrected chi connectivity index (χ3v) is 5.60. The number of rotatable bonds is 4. The van der Waals surface area contributed by atoms with E-state index in [1.807, 2.05) is 37.3 Å². The first kappa shape index (κ1) is 19.9. The van der Waals surface area contributed by atoms with Gasteiger partial charge in [0.1, 0.15) is 11.6 Å². The summed E-state index contributed by atoms with van der Waals surface area (Å²) in [6, 6.07) is 11.0. The summed E-state index contributed by atoms with van der Waals surface area (Å²) in [6.07, 6.45) is 7.24. The molecule has 6 nitrogen and oxygen atoms in total. The molecule has 0 atom stereocenters. The zero-order chi connectivity index (χ0) is 22.2. The fourth-order valence-electron chi connectivity index (χ4n) is 3.85. The van der Waals surface area contributed by atoms with Gasteiger partial charge in [0.2, 0.25) is 11.8 Å². The third-order valence-electron chi connectivity index (χ3n) is 5.60. The van der Waals surface area contributed by atoms with Crippen LogP contribution < -0.4 is 4.90 Å². The standard InChI is InChI=1S/C25H21FN4O2/c1-15-3-4-17(7-22(15)26)14-30-23-9-18(21-12-28-29-13-21)5-6-19(23)8-20(10-24(30)31)25-27-11-16(2)32-25/h3-9,11-13H,10,14H2,1-2H3,(H,28,29). The lowest BCUT2D eigenvalue weighted by molar-refractivity contribution is -0.117. The van der Waals surface area contributed by atoms with E-state index in [-0.39, 0.29) is 24.7 Å². The highest BCUT2D eigenvalue weighted by Crippen LogP contribution is 2.36. The Hall–Kier alpha value is -4.00. The number of hydrogen-bond acceptors (Lipinski definition) is 4. The van der Waals surface area contributed by atoms with Gasteiger partial charge in [-0.1, -0.05) is 24.3 Å². The molecule has 0 saturated heterocycles. The van der Waals surface area contributed by atoms with Crippen molar-refractivity contribution in [2.24, 2.45) is 0 Å². The molecule has 2 aromatic carbocycles. The minimum Gasteiger partial charge on any atom is -0.442 e. The second-order valence-corrected chi connectivity index (χ2v) is 7.95. The second-order valence-electron chi connectivity index (χ2n) is 7.95. The van der Waals surface area contributed by atoms with Gasteiger partial charge in [-0.2, -0.15) is 5.10 Å². The summed E-state index contributed by atoms with van der Waals surface area (Å²) in [7, 11) is 0. The Morgan fingerprint density at radius 2 is 2.00 bits per heavy atom. The summed E-state index contributed by atoms with van der Waals surface area (Å²) in [5.74, 6) is 0.714. The van der Waals surface area contributed by atoms with E-state index in [4.69, 9.17) is 4.42 Å². The molecule has 2 aromatic heterocycles. The number of aryl methyl sites for hydroxylation is 2. The Balaban J connectivity index is 1.61. The fraction of sp³-hybridized carbons (Fsp3) is 0.160. The first-order chi connectivity index (χ1) is 15.5. The molecule has 0 saturated carbocycles. The number of H-pyrrole nitrogens is 1. The van der Waals surface area contributed by atoms with Gasteiger partial charge in [0.25, 0.3) is 0 Å². The van der Waals surface area contributed by atoms with Crippen LogP contribution in [0.1, 0.15) is 34.8 Å². The van der Waals surface area contributed by atoms with Crippen molar-refractivity contribution in [3.05, 3.63) is 89.1 Å². The average molecular weight is 428 g/mol. The van der Waals surface area contributed by atoms with Crippen LogP contribution in [0.25, 0.3) is 22.8 Å². The first-order valence-electron chi connectivity index (χ1n) is 10.3. The maximum Gasteiger partial charge on any atom is 0.231 e. The Labute approximate surface area is 184 Å². The summed E-state index contributed by atoms with van der Waals surface area (Å²) >= 11 is 0. The molecular formula is C25H21FN4O2. The number of hydrogen-bond donors (Lipinski definition) is 1. The van der Waals surface area contributed by atoms with Crippen molar-refractivity contribution in [3.8, 4) is 11.1 Å². The van der Waals surface area contributed by atoms with E-state index in [1.165, 1.54) is 6.07 Å². The quantitative estimate of drug-likeness (QED) is 0.479. The molecule has 4 aromatic rings. The number of aromatic amines is 1. The van der Waals surface area contributed by atoms with Crippen molar-refractivity contribution in [2.45, 2.75) is 26.8 Å². The lowest BCUT2D eigenvalue weighted by Crippen LogP contribution is -2.30. The number of fused-ring (bicyclic) bond motifs is 1. The number of oxazole rings is 1. The highest BCUT2D eigenvalue weighted by molar-refractivity contribution is 6.06. The molecule has 0 aliphatic carbocycles. The molecule has 1 amide bonds. The van der Waals surface area contributed by atoms with Crippen molar-refractivity contribution in [2.75, 3.05) is 4.90 Å². The minimum absolute atomic E-state index is 0.115. The number of amides is 1. The van der Waals surface area contributed by atoms with Gasteiger partial charge in [0, 0.05) is 17.3 Å². The number of nitrogens with one attached hydrogen (secondary N) is 1. The Kier molecular flexibility index (Phi) is 4.93. The predicted molar refractivity (Wildman–Crippen MR) is 120 cm³/mol. The van der Waals surface area contributed by atoms with E-state index < -0.39 is 0 Å². The smallest absolute Gasteiger partial charge is 0.231 e. The zero-order valence-electron chi connectivity index (χ0n) is 17.7. The summed E-state index contributed by atoms with van der Waals surface area (Å²) in [5, 5.41) is 6.84. The van der Waals surface area contributed by atoms with Crippen molar-refractivity contribution in [1.29, 1.82) is 0 Å². The molecule has 3 heterocycles. The number of nitrogens with zero attached hydrogens (tertiary/aromatic N) is 3. The summed E-state index contributed by atoms with van der Waals surface area (Å²) in [6.45, 7) is 3.79. The van der Waals surface area contributed by atoms with Gasteiger partial charge in [-0.3, -0.25) is 9.89 Å². The molecule has 1 aliphatic heterocycles. The lowest BCUT2D eigenvalue weighted by atomic mass is 10.0. The predicted octanol–water partition coefficient (Wildman–Crippen LogP) is 5.30. The van der Waals surface area contributed by atoms with Crippen LogP contribution in [0.2, 0.25) is 0 Å². The molecule has 1 N–H and O–H groups in total. The molecule has 0 radical (unpaired) electrons. The SMILES string of the molecule is Cc1cnc(C2=Cc3ccc(-c4cn[nH]c4)cc3N(Cc3ccc(C)c(F)c3)C(=O)C2)o1. The molecule has 0 bridgehead atoms. The van der Waals surface area contributed by atoms with Crippen molar-refractivity contribution >= 4 is 23.2 Å². The van der Waals surface area contributed by atoms with Crippen LogP contribution in [0.3, 0.4) is 0 Å². The van der Waals surface area contributed by atoms with Gasteiger partial charge in [0.15, 0.2) is 0 Å². The van der Waals surface area contributed by atoms with Crippen molar-refractivity contribution in [1.82, 2.24) is 15.2 Å². The molecule has 32 heavy (non-hydrogen) atoms. The molecule has 0 unspecified atom stereocenters. The summed E-state index contributed by atoms with van der Waals surface area (Å²) in [5.41, 5.74) is 5.44. The van der Waals surface area contributed by atoms with Crippen LogP contribution in [0.15, 0.2) is 59.4 Å². The number of carbonyl (C=O) groups excluding carboxylic acids is 1. The van der Waals surface area contributed by atoms with Crippen LogP contribution in [-0.4, -0.2) is 21.1 Å². The van der Waals surface area contributed by atoms with E-state index in [1.54, 1.807) is 36.5 Å². The third kappa shape index (κ3) is 3.73. The van der Waals surface area contributed by atoms with Gasteiger partial charge in [0.05, 0.1) is 31.0 Å². The zero-order valence-corrected chi connectivity index (χ0v) is 17.7.